The molecule has 0 amide bonds. The predicted molar refractivity (Wildman–Crippen MR) is 103 cm³/mol. The molecule has 0 radical (unpaired) electrons. The van der Waals surface area contributed by atoms with Crippen LogP contribution in [0.5, 0.6) is 0 Å². The largest absolute Gasteiger partial charge is 0.378 e. The smallest absolute Gasteiger partial charge is 0.250 e. The van der Waals surface area contributed by atoms with Gasteiger partial charge in [0.05, 0.1) is 18.8 Å². The SMILES string of the molecule is Cn1c(CNc2cccc(Cn3ccccc3=O)c2)nc2c1CCCC2. The van der Waals surface area contributed by atoms with E-state index in [1.165, 1.54) is 24.2 Å². The number of nitrogens with one attached hydrogen (secondary N) is 1. The first-order chi connectivity index (χ1) is 12.7. The lowest BCUT2D eigenvalue weighted by Gasteiger charge is -2.12. The van der Waals surface area contributed by atoms with Gasteiger partial charge in [0.25, 0.3) is 5.56 Å². The van der Waals surface area contributed by atoms with Crippen LogP contribution < -0.4 is 10.9 Å². The molecular formula is C21H24N4O. The number of nitrogens with zero attached hydrogens (tertiary/aromatic N) is 3. The van der Waals surface area contributed by atoms with Gasteiger partial charge in [0.1, 0.15) is 5.82 Å². The zero-order valence-corrected chi connectivity index (χ0v) is 15.1. The van der Waals surface area contributed by atoms with E-state index in [2.05, 4.69) is 29.1 Å². The fourth-order valence-electron chi connectivity index (χ4n) is 3.65. The average Bonchev–Trinajstić information content (AvgIpc) is 2.99. The van der Waals surface area contributed by atoms with Gasteiger partial charge in [-0.2, -0.15) is 0 Å². The van der Waals surface area contributed by atoms with E-state index in [1.807, 2.05) is 24.4 Å². The third kappa shape index (κ3) is 3.43. The minimum atomic E-state index is 0.0180. The number of aryl methyl sites for hydroxylation is 1. The Hall–Kier alpha value is -2.82. The Labute approximate surface area is 153 Å². The van der Waals surface area contributed by atoms with Crippen LogP contribution in [0, 0.1) is 0 Å². The lowest BCUT2D eigenvalue weighted by molar-refractivity contribution is 0.640. The van der Waals surface area contributed by atoms with Crippen LogP contribution in [-0.4, -0.2) is 14.1 Å². The number of hydrogen-bond donors (Lipinski definition) is 1. The van der Waals surface area contributed by atoms with Crippen LogP contribution in [0.2, 0.25) is 0 Å². The summed E-state index contributed by atoms with van der Waals surface area (Å²) in [5.74, 6) is 1.08. The lowest BCUT2D eigenvalue weighted by atomic mass is 10.0. The molecule has 2 heterocycles. The molecule has 1 aliphatic rings. The summed E-state index contributed by atoms with van der Waals surface area (Å²) < 4.78 is 3.96. The molecule has 1 aliphatic carbocycles. The van der Waals surface area contributed by atoms with E-state index in [9.17, 15) is 4.79 Å². The molecule has 1 aromatic carbocycles. The Balaban J connectivity index is 1.47. The molecule has 3 aromatic rings. The van der Waals surface area contributed by atoms with Gasteiger partial charge in [0.15, 0.2) is 0 Å². The Morgan fingerprint density at radius 2 is 2.00 bits per heavy atom. The van der Waals surface area contributed by atoms with Crippen molar-refractivity contribution >= 4 is 5.69 Å². The fourth-order valence-corrected chi connectivity index (χ4v) is 3.65. The van der Waals surface area contributed by atoms with Gasteiger partial charge in [-0.1, -0.05) is 18.2 Å². The summed E-state index contributed by atoms with van der Waals surface area (Å²) in [6.07, 6.45) is 6.57. The molecule has 1 N–H and O–H groups in total. The second kappa shape index (κ2) is 7.20. The van der Waals surface area contributed by atoms with Gasteiger partial charge in [-0.25, -0.2) is 4.98 Å². The van der Waals surface area contributed by atoms with Crippen molar-refractivity contribution in [3.8, 4) is 0 Å². The summed E-state index contributed by atoms with van der Waals surface area (Å²) in [5, 5.41) is 3.48. The highest BCUT2D eigenvalue weighted by atomic mass is 16.1. The summed E-state index contributed by atoms with van der Waals surface area (Å²) in [7, 11) is 2.12. The van der Waals surface area contributed by atoms with Crippen LogP contribution in [0.25, 0.3) is 0 Å². The van der Waals surface area contributed by atoms with Gasteiger partial charge >= 0.3 is 0 Å². The van der Waals surface area contributed by atoms with Gasteiger partial charge < -0.3 is 14.5 Å². The number of fused-ring (bicyclic) bond motifs is 1. The highest BCUT2D eigenvalue weighted by molar-refractivity contribution is 5.46. The minimum absolute atomic E-state index is 0.0180. The first-order valence-electron chi connectivity index (χ1n) is 9.22. The molecule has 26 heavy (non-hydrogen) atoms. The average molecular weight is 348 g/mol. The number of pyridine rings is 1. The van der Waals surface area contributed by atoms with Crippen molar-refractivity contribution in [3.63, 3.8) is 0 Å². The number of rotatable bonds is 5. The third-order valence-electron chi connectivity index (χ3n) is 5.10. The van der Waals surface area contributed by atoms with E-state index >= 15 is 0 Å². The molecule has 5 heteroatoms. The molecule has 134 valence electrons. The molecule has 0 unspecified atom stereocenters. The highest BCUT2D eigenvalue weighted by Gasteiger charge is 2.17. The first kappa shape index (κ1) is 16.6. The topological polar surface area (TPSA) is 51.9 Å². The van der Waals surface area contributed by atoms with Crippen molar-refractivity contribution in [2.45, 2.75) is 38.8 Å². The molecule has 0 fully saturated rings. The minimum Gasteiger partial charge on any atom is -0.378 e. The number of hydrogen-bond acceptors (Lipinski definition) is 3. The maximum Gasteiger partial charge on any atom is 0.250 e. The Morgan fingerprint density at radius 3 is 2.85 bits per heavy atom. The predicted octanol–water partition coefficient (Wildman–Crippen LogP) is 3.12. The second-order valence-electron chi connectivity index (χ2n) is 6.91. The highest BCUT2D eigenvalue weighted by Crippen LogP contribution is 2.22. The molecule has 0 saturated carbocycles. The first-order valence-corrected chi connectivity index (χ1v) is 9.22. The van der Waals surface area contributed by atoms with Gasteiger partial charge in [-0.15, -0.1) is 0 Å². The summed E-state index contributed by atoms with van der Waals surface area (Å²) >= 11 is 0. The second-order valence-corrected chi connectivity index (χ2v) is 6.91. The molecule has 5 nitrogen and oxygen atoms in total. The lowest BCUT2D eigenvalue weighted by Crippen LogP contribution is -2.18. The standard InChI is InChI=1S/C21H24N4O/c1-24-19-10-3-2-9-18(19)23-20(24)14-22-17-8-6-7-16(13-17)15-25-12-5-4-11-21(25)26/h4-8,11-13,22H,2-3,9-10,14-15H2,1H3. The van der Waals surface area contributed by atoms with Crippen LogP contribution in [-0.2, 0) is 33.0 Å². The van der Waals surface area contributed by atoms with Crippen LogP contribution >= 0.6 is 0 Å². The summed E-state index contributed by atoms with van der Waals surface area (Å²) in [4.78, 5) is 16.7. The van der Waals surface area contributed by atoms with E-state index in [0.29, 0.717) is 13.1 Å². The van der Waals surface area contributed by atoms with E-state index in [1.54, 1.807) is 16.7 Å². The third-order valence-corrected chi connectivity index (χ3v) is 5.10. The molecule has 0 atom stereocenters. The van der Waals surface area contributed by atoms with E-state index < -0.39 is 0 Å². The van der Waals surface area contributed by atoms with Crippen molar-refractivity contribution in [1.82, 2.24) is 14.1 Å². The van der Waals surface area contributed by atoms with Crippen LogP contribution in [0.15, 0.2) is 53.5 Å². The molecule has 0 spiro atoms. The van der Waals surface area contributed by atoms with Crippen molar-refractivity contribution in [2.24, 2.45) is 7.05 Å². The van der Waals surface area contributed by atoms with Crippen molar-refractivity contribution < 1.29 is 0 Å². The van der Waals surface area contributed by atoms with Crippen molar-refractivity contribution in [3.05, 3.63) is 81.8 Å². The number of imidazole rings is 1. The Bertz CT molecular complexity index is 970. The van der Waals surface area contributed by atoms with Crippen LogP contribution in [0.1, 0.15) is 35.6 Å². The van der Waals surface area contributed by atoms with E-state index in [0.717, 1.165) is 29.9 Å². The normalized spacial score (nSPS) is 13.4. The van der Waals surface area contributed by atoms with E-state index in [-0.39, 0.29) is 5.56 Å². The molecule has 0 saturated heterocycles. The zero-order chi connectivity index (χ0) is 17.9. The van der Waals surface area contributed by atoms with Gasteiger partial charge in [-0.3, -0.25) is 4.79 Å². The van der Waals surface area contributed by atoms with Crippen LogP contribution in [0.3, 0.4) is 0 Å². The Kier molecular flexibility index (Phi) is 4.61. The maximum absolute atomic E-state index is 11.9. The summed E-state index contributed by atoms with van der Waals surface area (Å²) in [6, 6.07) is 13.5. The van der Waals surface area contributed by atoms with Gasteiger partial charge in [0, 0.05) is 30.7 Å². The number of anilines is 1. The quantitative estimate of drug-likeness (QED) is 0.771. The molecule has 2 aromatic heterocycles. The number of aromatic nitrogens is 3. The van der Waals surface area contributed by atoms with Gasteiger partial charge in [0.2, 0.25) is 0 Å². The monoisotopic (exact) mass is 348 g/mol. The fraction of sp³-hybridized carbons (Fsp3) is 0.333. The van der Waals surface area contributed by atoms with E-state index in [4.69, 9.17) is 4.98 Å². The Morgan fingerprint density at radius 1 is 1.12 bits per heavy atom. The molecule has 0 bridgehead atoms. The molecule has 4 rings (SSSR count). The number of benzene rings is 1. The molecule has 0 aliphatic heterocycles. The van der Waals surface area contributed by atoms with Crippen molar-refractivity contribution in [1.29, 1.82) is 0 Å². The van der Waals surface area contributed by atoms with Gasteiger partial charge in [-0.05, 0) is 49.4 Å². The zero-order valence-electron chi connectivity index (χ0n) is 15.1. The molecular weight excluding hydrogens is 324 g/mol. The van der Waals surface area contributed by atoms with Crippen LogP contribution in [0.4, 0.5) is 5.69 Å². The van der Waals surface area contributed by atoms with Crippen molar-refractivity contribution in [2.75, 3.05) is 5.32 Å². The summed E-state index contributed by atoms with van der Waals surface area (Å²) in [5.41, 5.74) is 4.83. The maximum atomic E-state index is 11.9. The summed E-state index contributed by atoms with van der Waals surface area (Å²) in [6.45, 7) is 1.28.